The smallest absolute Gasteiger partial charge is 0.260 e. The normalized spacial score (nSPS) is 22.5. The van der Waals surface area contributed by atoms with Crippen LogP contribution in [0.25, 0.3) is 16.5 Å². The number of amides is 1. The fourth-order valence-corrected chi connectivity index (χ4v) is 3.59. The number of hydrogen-bond acceptors (Lipinski definition) is 5. The van der Waals surface area contributed by atoms with Crippen LogP contribution in [0.3, 0.4) is 0 Å². The second-order valence-electron chi connectivity index (χ2n) is 7.66. The van der Waals surface area contributed by atoms with Crippen molar-refractivity contribution < 1.29 is 13.6 Å². The minimum Gasteiger partial charge on any atom is -0.384 e. The fraction of sp³-hybridized carbons (Fsp3) is 0.381. The van der Waals surface area contributed by atoms with Crippen LogP contribution < -0.4 is 16.4 Å². The lowest BCUT2D eigenvalue weighted by Crippen LogP contribution is -2.25. The molecule has 0 aromatic carbocycles. The van der Waals surface area contributed by atoms with Crippen LogP contribution in [0.2, 0.25) is 0 Å². The van der Waals surface area contributed by atoms with Gasteiger partial charge in [-0.05, 0) is 25.0 Å². The van der Waals surface area contributed by atoms with Gasteiger partial charge in [0.25, 0.3) is 5.92 Å². The Kier molecular flexibility index (Phi) is 4.72. The van der Waals surface area contributed by atoms with Crippen LogP contribution in [0.15, 0.2) is 36.2 Å². The van der Waals surface area contributed by atoms with Crippen molar-refractivity contribution in [1.82, 2.24) is 15.3 Å². The van der Waals surface area contributed by atoms with Crippen LogP contribution in [0.5, 0.6) is 0 Å². The Morgan fingerprint density at radius 2 is 2.17 bits per heavy atom. The van der Waals surface area contributed by atoms with Crippen LogP contribution in [0.4, 0.5) is 20.4 Å². The molecule has 0 radical (unpaired) electrons. The summed E-state index contributed by atoms with van der Waals surface area (Å²) in [6, 6.07) is 3.75. The van der Waals surface area contributed by atoms with Crippen LogP contribution >= 0.6 is 0 Å². The Morgan fingerprint density at radius 1 is 1.41 bits per heavy atom. The third-order valence-corrected chi connectivity index (χ3v) is 5.33. The molecule has 6 nitrogen and oxygen atoms in total. The van der Waals surface area contributed by atoms with Gasteiger partial charge in [-0.2, -0.15) is 0 Å². The number of nitrogen functional groups attached to an aromatic ring is 1. The van der Waals surface area contributed by atoms with Gasteiger partial charge < -0.3 is 16.4 Å². The summed E-state index contributed by atoms with van der Waals surface area (Å²) in [5.41, 5.74) is 9.63. The molecule has 1 saturated carbocycles. The molecule has 0 spiro atoms. The number of carbonyl (C=O) groups is 1. The number of nitrogens with one attached hydrogen (secondary N) is 2. The van der Waals surface area contributed by atoms with E-state index in [9.17, 15) is 13.6 Å². The van der Waals surface area contributed by atoms with E-state index in [1.54, 1.807) is 12.3 Å². The Morgan fingerprint density at radius 3 is 2.83 bits per heavy atom. The number of halogens is 2. The molecule has 4 N–H and O–H groups in total. The molecule has 1 aliphatic heterocycles. The average Bonchev–Trinajstić information content (AvgIpc) is 3.30. The number of fused-ring (bicyclic) bond motifs is 1. The number of rotatable bonds is 5. The third-order valence-electron chi connectivity index (χ3n) is 5.33. The number of alkyl halides is 2. The molecular formula is C21H23F2N5O. The third kappa shape index (κ3) is 3.79. The molecule has 1 aliphatic carbocycles. The number of aromatic nitrogens is 2. The van der Waals surface area contributed by atoms with Crippen molar-refractivity contribution in [2.24, 2.45) is 5.92 Å². The van der Waals surface area contributed by atoms with E-state index in [1.807, 2.05) is 19.2 Å². The molecule has 4 rings (SSSR count). The average molecular weight is 399 g/mol. The highest BCUT2D eigenvalue weighted by atomic mass is 19.3. The highest BCUT2D eigenvalue weighted by Gasteiger charge is 2.61. The van der Waals surface area contributed by atoms with Gasteiger partial charge in [0.1, 0.15) is 17.6 Å². The van der Waals surface area contributed by atoms with Gasteiger partial charge in [0.05, 0.1) is 5.52 Å². The second kappa shape index (κ2) is 7.09. The molecule has 2 atom stereocenters. The molecule has 0 saturated heterocycles. The molecule has 2 aromatic rings. The summed E-state index contributed by atoms with van der Waals surface area (Å²) in [5.74, 6) is -4.39. The van der Waals surface area contributed by atoms with Crippen molar-refractivity contribution in [3.8, 4) is 0 Å². The quantitative estimate of drug-likeness (QED) is 0.710. The second-order valence-corrected chi connectivity index (χ2v) is 7.66. The molecule has 3 heterocycles. The summed E-state index contributed by atoms with van der Waals surface area (Å²) in [7, 11) is 0. The highest BCUT2D eigenvalue weighted by Crippen LogP contribution is 2.49. The minimum atomic E-state index is -2.91. The van der Waals surface area contributed by atoms with Crippen molar-refractivity contribution >= 4 is 34.0 Å². The predicted octanol–water partition coefficient (Wildman–Crippen LogP) is 3.86. The minimum absolute atomic E-state index is 0.182. The van der Waals surface area contributed by atoms with Crippen molar-refractivity contribution in [1.29, 1.82) is 0 Å². The van der Waals surface area contributed by atoms with E-state index in [1.165, 1.54) is 0 Å². The number of dihydropyridines is 1. The molecular weight excluding hydrogens is 376 g/mol. The van der Waals surface area contributed by atoms with Gasteiger partial charge in [0.2, 0.25) is 5.91 Å². The van der Waals surface area contributed by atoms with E-state index in [0.29, 0.717) is 17.4 Å². The number of nitrogens with two attached hydrogens (primary N) is 1. The first-order chi connectivity index (χ1) is 13.8. The van der Waals surface area contributed by atoms with Crippen molar-refractivity contribution in [3.05, 3.63) is 41.7 Å². The van der Waals surface area contributed by atoms with Gasteiger partial charge in [0, 0.05) is 47.4 Å². The fourth-order valence-electron chi connectivity index (χ4n) is 3.59. The van der Waals surface area contributed by atoms with Crippen LogP contribution in [0, 0.1) is 5.92 Å². The van der Waals surface area contributed by atoms with Crippen LogP contribution in [-0.4, -0.2) is 27.8 Å². The maximum Gasteiger partial charge on any atom is 0.260 e. The van der Waals surface area contributed by atoms with Gasteiger partial charge in [-0.3, -0.25) is 4.79 Å². The predicted molar refractivity (Wildman–Crippen MR) is 109 cm³/mol. The van der Waals surface area contributed by atoms with E-state index in [-0.39, 0.29) is 5.82 Å². The summed E-state index contributed by atoms with van der Waals surface area (Å²) >= 11 is 0. The monoisotopic (exact) mass is 399 g/mol. The van der Waals surface area contributed by atoms with E-state index < -0.39 is 24.2 Å². The van der Waals surface area contributed by atoms with Crippen molar-refractivity contribution in [2.75, 3.05) is 11.1 Å². The van der Waals surface area contributed by atoms with Crippen molar-refractivity contribution in [3.63, 3.8) is 0 Å². The van der Waals surface area contributed by atoms with E-state index in [4.69, 9.17) is 5.73 Å². The number of hydrogen-bond donors (Lipinski definition) is 3. The number of pyridine rings is 2. The van der Waals surface area contributed by atoms with Gasteiger partial charge in [-0.15, -0.1) is 0 Å². The van der Waals surface area contributed by atoms with Gasteiger partial charge in [-0.1, -0.05) is 19.4 Å². The molecule has 2 unspecified atom stereocenters. The Balaban J connectivity index is 1.58. The van der Waals surface area contributed by atoms with E-state index in [2.05, 4.69) is 33.6 Å². The van der Waals surface area contributed by atoms with Crippen LogP contribution in [-0.2, 0) is 4.79 Å². The lowest BCUT2D eigenvalue weighted by Gasteiger charge is -2.22. The Hall–Kier alpha value is -3.03. The Bertz CT molecular complexity index is 1050. The van der Waals surface area contributed by atoms with Crippen molar-refractivity contribution in [2.45, 2.75) is 45.1 Å². The first-order valence-electron chi connectivity index (χ1n) is 9.69. The van der Waals surface area contributed by atoms with Gasteiger partial charge >= 0.3 is 0 Å². The summed E-state index contributed by atoms with van der Waals surface area (Å²) < 4.78 is 26.1. The summed E-state index contributed by atoms with van der Waals surface area (Å²) in [4.78, 5) is 20.5. The zero-order valence-corrected chi connectivity index (χ0v) is 16.3. The number of anilines is 2. The largest absolute Gasteiger partial charge is 0.384 e. The maximum atomic E-state index is 13.1. The lowest BCUT2D eigenvalue weighted by molar-refractivity contribution is -0.119. The number of carbonyl (C=O) groups excluding carboxylic acids is 1. The van der Waals surface area contributed by atoms with Gasteiger partial charge in [0.15, 0.2) is 0 Å². The molecule has 29 heavy (non-hydrogen) atoms. The molecule has 0 bridgehead atoms. The molecule has 2 aliphatic rings. The zero-order chi connectivity index (χ0) is 20.8. The Labute approximate surface area is 167 Å². The SMILES string of the molecule is CCCC1C=C(C)C(c2cc3cnc(NC(=O)C4CC4(F)F)cc3nc2N)=CN1. The molecule has 1 fully saturated rings. The molecule has 152 valence electrons. The number of nitrogens with zero attached hydrogens (tertiary/aromatic N) is 2. The molecule has 1 amide bonds. The number of allylic oxidation sites excluding steroid dienone is 2. The standard InChI is InChI=1S/C21H23F2N5O/c1-3-4-13-5-11(2)15(10-25-13)14-6-12-9-26-18(7-17(12)27-19(14)24)28-20(29)16-8-21(16,22)23/h5-7,9-10,13,16,25H,3-4,8H2,1-2H3,(H2,24,27)(H,26,28,29). The highest BCUT2D eigenvalue weighted by molar-refractivity contribution is 5.97. The first-order valence-corrected chi connectivity index (χ1v) is 9.69. The maximum absolute atomic E-state index is 13.1. The lowest BCUT2D eigenvalue weighted by atomic mass is 9.94. The molecule has 8 heteroatoms. The summed E-state index contributed by atoms with van der Waals surface area (Å²) in [6.45, 7) is 4.19. The van der Waals surface area contributed by atoms with Crippen LogP contribution in [0.1, 0.15) is 38.7 Å². The van der Waals surface area contributed by atoms with Gasteiger partial charge in [-0.25, -0.2) is 18.7 Å². The van der Waals surface area contributed by atoms with E-state index >= 15 is 0 Å². The summed E-state index contributed by atoms with van der Waals surface area (Å²) in [5, 5.41) is 6.56. The molecule has 2 aromatic heterocycles. The van der Waals surface area contributed by atoms with E-state index in [0.717, 1.165) is 34.9 Å². The summed E-state index contributed by atoms with van der Waals surface area (Å²) in [6.07, 6.45) is 7.43. The first kappa shape index (κ1) is 19.3. The zero-order valence-electron chi connectivity index (χ0n) is 16.3. The topological polar surface area (TPSA) is 92.9 Å².